The van der Waals surface area contributed by atoms with E-state index in [-0.39, 0.29) is 41.1 Å². The number of hydrogen-bond donors (Lipinski definition) is 0. The molecule has 0 N–H and O–H groups in total. The molecule has 244 valence electrons. The molecule has 47 heavy (non-hydrogen) atoms. The smallest absolute Gasteiger partial charge is 1.00 e. The zero-order valence-electron chi connectivity index (χ0n) is 30.1. The Hall–Kier alpha value is -2.05. The van der Waals surface area contributed by atoms with Gasteiger partial charge in [-0.25, -0.2) is 0 Å². The zero-order chi connectivity index (χ0) is 32.2. The molecule has 0 spiro atoms. The van der Waals surface area contributed by atoms with E-state index in [1.54, 1.807) is 17.6 Å². The van der Waals surface area contributed by atoms with Crippen molar-refractivity contribution < 1.29 is 46.1 Å². The largest absolute Gasteiger partial charge is 1.00 e. The molecule has 0 aromatic heterocycles. The molecule has 1 atom stereocenters. The molecule has 0 nitrogen and oxygen atoms in total. The Morgan fingerprint density at radius 1 is 0.745 bits per heavy atom. The van der Waals surface area contributed by atoms with E-state index in [1.807, 2.05) is 0 Å². The standard InChI is InChI=1S/C25H25.C11H17.C8H8.2ClH.Zr/c1-14-12-24(3,4)22-8-16-7-17-9-23-19(15(2)13-25(23,5)6)11-21(17)20(16)10-18(14)22;1-5-9-6-7-10(8-9)11(2,3)4;1-2-8-6-4-3-5-7-8;;;/h7-13H,1-6H3;7-9H,5H2,1-4H3;3-7H,1H3;2*1H;/q;;;;;+2/p-2. The summed E-state index contributed by atoms with van der Waals surface area (Å²) in [6, 6.07) is 21.9. The van der Waals surface area contributed by atoms with Crippen LogP contribution in [0.1, 0.15) is 125 Å². The molecule has 0 fully saturated rings. The molecule has 4 aliphatic rings. The normalized spacial score (nSPS) is 20.1. The third kappa shape index (κ3) is 5.75. The average molecular weight is 741 g/mol. The van der Waals surface area contributed by atoms with Gasteiger partial charge in [0.05, 0.1) is 0 Å². The first kappa shape index (κ1) is 36.2. The summed E-state index contributed by atoms with van der Waals surface area (Å²) in [6.07, 6.45) is 11.5. The van der Waals surface area contributed by atoms with Crippen LogP contribution in [0, 0.1) is 11.3 Å². The van der Waals surface area contributed by atoms with Crippen LogP contribution in [-0.2, 0) is 32.1 Å². The second kappa shape index (κ2) is 12.4. The maximum atomic E-state index is 2.69. The minimum Gasteiger partial charge on any atom is -1.00 e. The number of fused-ring (bicyclic) bond motifs is 5. The van der Waals surface area contributed by atoms with Gasteiger partial charge in [0.1, 0.15) is 0 Å². The second-order valence-electron chi connectivity index (χ2n) is 16.4. The quantitative estimate of drug-likeness (QED) is 0.313. The van der Waals surface area contributed by atoms with Crippen molar-refractivity contribution in [2.45, 2.75) is 97.0 Å². The summed E-state index contributed by atoms with van der Waals surface area (Å²) in [5, 5.41) is 0. The Labute approximate surface area is 304 Å². The third-order valence-corrected chi connectivity index (χ3v) is 19.7. The van der Waals surface area contributed by atoms with Crippen molar-refractivity contribution in [3.8, 4) is 11.1 Å². The molecule has 0 saturated carbocycles. The topological polar surface area (TPSA) is 0 Å². The van der Waals surface area contributed by atoms with Gasteiger partial charge in [0.2, 0.25) is 0 Å². The van der Waals surface area contributed by atoms with Crippen molar-refractivity contribution >= 4 is 14.4 Å². The molecule has 0 amide bonds. The zero-order valence-corrected chi connectivity index (χ0v) is 34.1. The number of benzene rings is 3. The molecule has 3 heteroatoms. The summed E-state index contributed by atoms with van der Waals surface area (Å²) in [4.78, 5) is 0. The van der Waals surface area contributed by atoms with Crippen LogP contribution in [0.2, 0.25) is 0 Å². The first-order chi connectivity index (χ1) is 21.1. The van der Waals surface area contributed by atoms with Crippen LogP contribution >= 0.6 is 0 Å². The molecular weight excluding hydrogens is 691 g/mol. The van der Waals surface area contributed by atoms with Gasteiger partial charge in [-0.05, 0) is 0 Å². The van der Waals surface area contributed by atoms with Crippen LogP contribution in [0.5, 0.6) is 0 Å². The van der Waals surface area contributed by atoms with E-state index < -0.39 is 21.3 Å². The van der Waals surface area contributed by atoms with Gasteiger partial charge in [-0.1, -0.05) is 0 Å². The molecule has 4 aliphatic carbocycles. The molecule has 0 heterocycles. The number of rotatable bonds is 4. The Morgan fingerprint density at radius 3 is 1.68 bits per heavy atom. The SMILES string of the molecule is CCC1C=C(C(C)(C)C)C=[C]1/[Zr+2](=[C](/C)c1ccccc1)[CH]1c2cc3c(cc2-c2cc4c(cc21)C(C)(C)C=C4C)C(C)=CC3(C)C.[Cl-].[Cl-]. The Morgan fingerprint density at radius 2 is 1.23 bits per heavy atom. The monoisotopic (exact) mass is 738 g/mol. The van der Waals surface area contributed by atoms with E-state index in [1.165, 1.54) is 62.1 Å². The van der Waals surface area contributed by atoms with Crippen molar-refractivity contribution in [2.24, 2.45) is 11.3 Å². The van der Waals surface area contributed by atoms with Gasteiger partial charge in [-0.3, -0.25) is 0 Å². The van der Waals surface area contributed by atoms with E-state index in [0.717, 1.165) is 0 Å². The summed E-state index contributed by atoms with van der Waals surface area (Å²) in [7, 11) is 0. The van der Waals surface area contributed by atoms with Crippen LogP contribution < -0.4 is 24.8 Å². The van der Waals surface area contributed by atoms with Gasteiger partial charge in [0.15, 0.2) is 0 Å². The fourth-order valence-electron chi connectivity index (χ4n) is 8.92. The van der Waals surface area contributed by atoms with Crippen LogP contribution in [0.3, 0.4) is 0 Å². The summed E-state index contributed by atoms with van der Waals surface area (Å²) in [5.74, 6) is 0.532. The fourth-order valence-corrected chi connectivity index (χ4v) is 18.2. The van der Waals surface area contributed by atoms with E-state index in [4.69, 9.17) is 0 Å². The van der Waals surface area contributed by atoms with Gasteiger partial charge < -0.3 is 24.8 Å². The summed E-state index contributed by atoms with van der Waals surface area (Å²) in [6.45, 7) is 26.3. The predicted octanol–water partition coefficient (Wildman–Crippen LogP) is 5.91. The number of halogens is 2. The minimum atomic E-state index is -2.66. The van der Waals surface area contributed by atoms with Crippen molar-refractivity contribution in [3.63, 3.8) is 0 Å². The molecule has 3 aromatic rings. The maximum Gasteiger partial charge on any atom is -1.00 e. The summed E-state index contributed by atoms with van der Waals surface area (Å²) >= 11 is -2.66. The van der Waals surface area contributed by atoms with Crippen molar-refractivity contribution in [3.05, 3.63) is 127 Å². The average Bonchev–Trinajstić information content (AvgIpc) is 3.67. The van der Waals surface area contributed by atoms with E-state index >= 15 is 0 Å². The molecular formula is C44H50Cl2Zr. The van der Waals surface area contributed by atoms with Gasteiger partial charge in [0.25, 0.3) is 0 Å². The first-order valence-electron chi connectivity index (χ1n) is 17.1. The van der Waals surface area contributed by atoms with E-state index in [9.17, 15) is 0 Å². The summed E-state index contributed by atoms with van der Waals surface area (Å²) < 4.78 is 3.92. The molecule has 0 radical (unpaired) electrons. The molecule has 1 unspecified atom stereocenters. The minimum absolute atomic E-state index is 0. The van der Waals surface area contributed by atoms with Gasteiger partial charge in [0, 0.05) is 0 Å². The van der Waals surface area contributed by atoms with Gasteiger partial charge in [-0.15, -0.1) is 0 Å². The van der Waals surface area contributed by atoms with Crippen LogP contribution in [0.4, 0.5) is 0 Å². The van der Waals surface area contributed by atoms with Crippen LogP contribution in [-0.4, -0.2) is 3.21 Å². The van der Waals surface area contributed by atoms with Crippen LogP contribution in [0.15, 0.2) is 87.8 Å². The molecule has 0 aliphatic heterocycles. The second-order valence-corrected chi connectivity index (χ2v) is 23.1. The van der Waals surface area contributed by atoms with Crippen molar-refractivity contribution in [1.29, 1.82) is 0 Å². The molecule has 7 rings (SSSR count). The molecule has 3 aromatic carbocycles. The van der Waals surface area contributed by atoms with Crippen molar-refractivity contribution in [1.82, 2.24) is 0 Å². The van der Waals surface area contributed by atoms with Gasteiger partial charge >= 0.3 is 282 Å². The Kier molecular flexibility index (Phi) is 9.54. The Balaban J connectivity index is 0.00000217. The van der Waals surface area contributed by atoms with E-state index in [2.05, 4.69) is 155 Å². The summed E-state index contributed by atoms with van der Waals surface area (Å²) in [5.41, 5.74) is 18.2. The van der Waals surface area contributed by atoms with Crippen LogP contribution in [0.25, 0.3) is 22.3 Å². The van der Waals surface area contributed by atoms with E-state index in [0.29, 0.717) is 9.54 Å². The Bertz CT molecular complexity index is 1850. The van der Waals surface area contributed by atoms with Gasteiger partial charge in [-0.2, -0.15) is 0 Å². The first-order valence-corrected chi connectivity index (χ1v) is 21.0. The molecule has 0 bridgehead atoms. The number of allylic oxidation sites excluding steroid dienone is 8. The fraction of sp³-hybridized carbons (Fsp3) is 0.386. The molecule has 0 saturated heterocycles. The van der Waals surface area contributed by atoms with Crippen molar-refractivity contribution in [2.75, 3.05) is 0 Å². The maximum absolute atomic E-state index is 2.69. The number of hydrogen-bond acceptors (Lipinski definition) is 0. The predicted molar refractivity (Wildman–Crippen MR) is 193 cm³/mol. The third-order valence-electron chi connectivity index (χ3n) is 11.3.